The molecule has 2 aromatic rings. The van der Waals surface area contributed by atoms with Crippen molar-refractivity contribution in [3.63, 3.8) is 0 Å². The van der Waals surface area contributed by atoms with Gasteiger partial charge in [0.1, 0.15) is 22.7 Å². The molecule has 2 heterocycles. The zero-order chi connectivity index (χ0) is 25.2. The molecular formula is C27H29F3N2O3. The van der Waals surface area contributed by atoms with Gasteiger partial charge >= 0.3 is 6.18 Å². The van der Waals surface area contributed by atoms with Crippen molar-refractivity contribution in [3.05, 3.63) is 53.6 Å². The third-order valence-electron chi connectivity index (χ3n) is 7.85. The Morgan fingerprint density at radius 1 is 0.943 bits per heavy atom. The molecule has 3 aliphatic rings. The molecule has 0 radical (unpaired) electrons. The second kappa shape index (κ2) is 8.00. The van der Waals surface area contributed by atoms with Gasteiger partial charge in [0, 0.05) is 43.9 Å². The first kappa shape index (κ1) is 23.7. The molecule has 5 rings (SSSR count). The van der Waals surface area contributed by atoms with Crippen molar-refractivity contribution in [2.75, 3.05) is 36.5 Å². The average Bonchev–Trinajstić information content (AvgIpc) is 2.80. The minimum Gasteiger partial charge on any atom is -0.497 e. The van der Waals surface area contributed by atoms with E-state index in [0.717, 1.165) is 23.6 Å². The van der Waals surface area contributed by atoms with Gasteiger partial charge in [0.05, 0.1) is 18.7 Å². The Morgan fingerprint density at radius 3 is 2.20 bits per heavy atom. The van der Waals surface area contributed by atoms with Gasteiger partial charge in [-0.2, -0.15) is 13.2 Å². The fourth-order valence-corrected chi connectivity index (χ4v) is 6.09. The number of hydrogen-bond donors (Lipinski definition) is 0. The summed E-state index contributed by atoms with van der Waals surface area (Å²) in [6.07, 6.45) is -4.01. The predicted molar refractivity (Wildman–Crippen MR) is 127 cm³/mol. The average molecular weight is 487 g/mol. The Hall–Kier alpha value is -3.03. The fourth-order valence-electron chi connectivity index (χ4n) is 6.09. The molecule has 1 unspecified atom stereocenters. The van der Waals surface area contributed by atoms with E-state index in [2.05, 4.69) is 4.90 Å². The van der Waals surface area contributed by atoms with Gasteiger partial charge in [0.25, 0.3) is 0 Å². The first-order chi connectivity index (χ1) is 16.4. The van der Waals surface area contributed by atoms with Gasteiger partial charge in [-0.3, -0.25) is 9.59 Å². The van der Waals surface area contributed by atoms with E-state index in [-0.39, 0.29) is 30.8 Å². The molecule has 5 nitrogen and oxygen atoms in total. The van der Waals surface area contributed by atoms with Crippen molar-refractivity contribution in [2.45, 2.75) is 45.3 Å². The lowest BCUT2D eigenvalue weighted by atomic mass is 9.56. The monoisotopic (exact) mass is 486 g/mol. The van der Waals surface area contributed by atoms with E-state index in [4.69, 9.17) is 4.74 Å². The lowest BCUT2D eigenvalue weighted by Gasteiger charge is -2.56. The number of rotatable bonds is 2. The van der Waals surface area contributed by atoms with Gasteiger partial charge in [-0.15, -0.1) is 0 Å². The predicted octanol–water partition coefficient (Wildman–Crippen LogP) is 4.91. The van der Waals surface area contributed by atoms with Crippen LogP contribution in [0, 0.1) is 10.8 Å². The molecular weight excluding hydrogens is 457 g/mol. The van der Waals surface area contributed by atoms with E-state index in [1.807, 2.05) is 43.0 Å². The third-order valence-corrected chi connectivity index (χ3v) is 7.85. The summed E-state index contributed by atoms with van der Waals surface area (Å²) >= 11 is 0. The van der Waals surface area contributed by atoms with E-state index in [1.165, 1.54) is 6.07 Å². The number of carbonyl (C=O) groups excluding carboxylic acids is 2. The molecule has 1 atom stereocenters. The Bertz CT molecular complexity index is 1150. The zero-order valence-electron chi connectivity index (χ0n) is 20.1. The minimum atomic E-state index is -4.49. The van der Waals surface area contributed by atoms with Crippen molar-refractivity contribution in [1.82, 2.24) is 0 Å². The molecule has 0 amide bonds. The number of fused-ring (bicyclic) bond motifs is 4. The molecule has 35 heavy (non-hydrogen) atoms. The van der Waals surface area contributed by atoms with E-state index >= 15 is 0 Å². The number of anilines is 2. The number of ether oxygens (including phenoxy) is 1. The van der Waals surface area contributed by atoms with Crippen LogP contribution in [0.25, 0.3) is 0 Å². The van der Waals surface area contributed by atoms with Crippen molar-refractivity contribution in [1.29, 1.82) is 0 Å². The van der Waals surface area contributed by atoms with E-state index in [0.29, 0.717) is 30.9 Å². The molecule has 1 saturated heterocycles. The third kappa shape index (κ3) is 3.87. The van der Waals surface area contributed by atoms with Gasteiger partial charge in [-0.05, 0) is 59.9 Å². The van der Waals surface area contributed by atoms with Crippen LogP contribution < -0.4 is 14.5 Å². The summed E-state index contributed by atoms with van der Waals surface area (Å²) in [5.41, 5.74) is -0.489. The highest BCUT2D eigenvalue weighted by Gasteiger charge is 2.60. The maximum absolute atomic E-state index is 13.8. The molecule has 1 saturated carbocycles. The van der Waals surface area contributed by atoms with Gasteiger partial charge in [-0.25, -0.2) is 0 Å². The van der Waals surface area contributed by atoms with Crippen LogP contribution in [-0.2, 0) is 22.2 Å². The molecule has 1 spiro atoms. The summed E-state index contributed by atoms with van der Waals surface area (Å²) in [6.45, 7) is 5.35. The molecule has 0 aromatic heterocycles. The van der Waals surface area contributed by atoms with E-state index in [1.54, 1.807) is 7.11 Å². The summed E-state index contributed by atoms with van der Waals surface area (Å²) in [7, 11) is 1.60. The van der Waals surface area contributed by atoms with Gasteiger partial charge in [0.2, 0.25) is 0 Å². The minimum absolute atomic E-state index is 0.0115. The van der Waals surface area contributed by atoms with Crippen LogP contribution in [-0.4, -0.2) is 44.4 Å². The summed E-state index contributed by atoms with van der Waals surface area (Å²) in [4.78, 5) is 31.7. The van der Waals surface area contributed by atoms with Crippen LogP contribution in [0.1, 0.15) is 37.8 Å². The molecule has 8 heteroatoms. The molecule has 1 aliphatic carbocycles. The smallest absolute Gasteiger partial charge is 0.416 e. The lowest BCUT2D eigenvalue weighted by molar-refractivity contribution is -0.150. The first-order valence-corrected chi connectivity index (χ1v) is 11.9. The molecule has 2 aliphatic heterocycles. The molecule has 2 fully saturated rings. The van der Waals surface area contributed by atoms with E-state index < -0.39 is 28.6 Å². The Morgan fingerprint density at radius 2 is 1.60 bits per heavy atom. The Labute approximate surface area is 202 Å². The van der Waals surface area contributed by atoms with Gasteiger partial charge < -0.3 is 14.5 Å². The number of benzene rings is 2. The number of alkyl halides is 3. The fraction of sp³-hybridized carbons (Fsp3) is 0.481. The van der Waals surface area contributed by atoms with Gasteiger partial charge in [0.15, 0.2) is 0 Å². The quantitative estimate of drug-likeness (QED) is 0.565. The topological polar surface area (TPSA) is 49.9 Å². The van der Waals surface area contributed by atoms with Crippen LogP contribution >= 0.6 is 0 Å². The largest absolute Gasteiger partial charge is 0.497 e. The second-order valence-corrected chi connectivity index (χ2v) is 10.7. The number of hydrogen-bond acceptors (Lipinski definition) is 5. The maximum atomic E-state index is 13.8. The van der Waals surface area contributed by atoms with Crippen molar-refractivity contribution < 1.29 is 27.5 Å². The van der Waals surface area contributed by atoms with Crippen molar-refractivity contribution >= 4 is 22.9 Å². The van der Waals surface area contributed by atoms with Crippen molar-refractivity contribution in [3.8, 4) is 5.75 Å². The Kier molecular flexibility index (Phi) is 5.42. The molecule has 186 valence electrons. The summed E-state index contributed by atoms with van der Waals surface area (Å²) in [5, 5.41) is 0. The number of methoxy groups -OCH3 is 1. The first-order valence-electron chi connectivity index (χ1n) is 11.9. The number of Topliss-reactive ketones (excluding diaryl/α,β-unsaturated/α-hetero) is 2. The normalized spacial score (nSPS) is 23.2. The highest BCUT2D eigenvalue weighted by Crippen LogP contribution is 2.51. The lowest BCUT2D eigenvalue weighted by Crippen LogP contribution is -2.69. The van der Waals surface area contributed by atoms with Crippen LogP contribution in [0.5, 0.6) is 5.75 Å². The second-order valence-electron chi connectivity index (χ2n) is 10.7. The number of nitrogens with zero attached hydrogens (tertiary/aromatic N) is 2. The van der Waals surface area contributed by atoms with Gasteiger partial charge in [-0.1, -0.05) is 13.8 Å². The molecule has 0 N–H and O–H groups in total. The summed E-state index contributed by atoms with van der Waals surface area (Å²) in [6, 6.07) is 10.9. The Balaban J connectivity index is 1.59. The number of halogens is 3. The number of carbonyl (C=O) groups is 2. The van der Waals surface area contributed by atoms with Crippen LogP contribution in [0.2, 0.25) is 0 Å². The highest BCUT2D eigenvalue weighted by molar-refractivity contribution is 6.11. The summed E-state index contributed by atoms with van der Waals surface area (Å²) < 4.78 is 45.8. The van der Waals surface area contributed by atoms with Crippen LogP contribution in [0.3, 0.4) is 0 Å². The SMILES string of the molecule is COc1ccc(N2CCN3c4ccc(C(F)(F)F)cc4CC4(C(=O)CC(C)(C)CC4=O)C3C2)cc1. The number of piperazine rings is 1. The number of ketones is 2. The zero-order valence-corrected chi connectivity index (χ0v) is 20.1. The van der Waals surface area contributed by atoms with E-state index in [9.17, 15) is 22.8 Å². The van der Waals surface area contributed by atoms with Crippen molar-refractivity contribution in [2.24, 2.45) is 10.8 Å². The summed E-state index contributed by atoms with van der Waals surface area (Å²) in [5.74, 6) is 0.414. The standard InChI is InChI=1S/C27H29F3N2O3/c1-25(2)14-23(33)26(24(34)15-25)13-17-12-18(27(28,29)30)4-9-21(17)32-11-10-31(16-22(26)32)19-5-7-20(35-3)8-6-19/h4-9,12,22H,10-11,13-16H2,1-3H3. The molecule has 2 aromatic carbocycles. The highest BCUT2D eigenvalue weighted by atomic mass is 19.4. The van der Waals surface area contributed by atoms with Crippen LogP contribution in [0.15, 0.2) is 42.5 Å². The molecule has 0 bridgehead atoms. The van der Waals surface area contributed by atoms with Crippen LogP contribution in [0.4, 0.5) is 24.5 Å². The maximum Gasteiger partial charge on any atom is 0.416 e.